The van der Waals surface area contributed by atoms with Gasteiger partial charge in [-0.05, 0) is 32.1 Å². The standard InChI is InChI=1S/C17H19N5O/c1-4-22-11-13(12(2)20-22)9-10-16(23)19-17-18-14-7-5-6-8-15(14)21(17)3/h5-11H,4H2,1-3H3,(H,18,19,23)/b10-9-. The van der Waals surface area contributed by atoms with Gasteiger partial charge in [-0.3, -0.25) is 14.8 Å². The Kier molecular flexibility index (Phi) is 3.97. The molecular weight excluding hydrogens is 290 g/mol. The molecular formula is C17H19N5O. The summed E-state index contributed by atoms with van der Waals surface area (Å²) in [5.41, 5.74) is 3.67. The molecule has 3 aromatic rings. The molecule has 0 bridgehead atoms. The molecule has 1 aromatic carbocycles. The lowest BCUT2D eigenvalue weighted by Crippen LogP contribution is -2.11. The highest BCUT2D eigenvalue weighted by Crippen LogP contribution is 2.17. The molecule has 0 atom stereocenters. The van der Waals surface area contributed by atoms with Crippen molar-refractivity contribution in [2.24, 2.45) is 7.05 Å². The number of amides is 1. The van der Waals surface area contributed by atoms with E-state index < -0.39 is 0 Å². The van der Waals surface area contributed by atoms with Crippen molar-refractivity contribution in [2.75, 3.05) is 5.32 Å². The van der Waals surface area contributed by atoms with Crippen molar-refractivity contribution >= 4 is 29.0 Å². The number of para-hydroxylation sites is 2. The van der Waals surface area contributed by atoms with Crippen LogP contribution in [0.3, 0.4) is 0 Å². The van der Waals surface area contributed by atoms with Crippen LogP contribution in [0.4, 0.5) is 5.95 Å². The molecule has 0 aliphatic rings. The first-order valence-corrected chi connectivity index (χ1v) is 7.53. The highest BCUT2D eigenvalue weighted by Gasteiger charge is 2.09. The maximum Gasteiger partial charge on any atom is 0.250 e. The maximum atomic E-state index is 12.1. The lowest BCUT2D eigenvalue weighted by molar-refractivity contribution is -0.111. The van der Waals surface area contributed by atoms with Crippen molar-refractivity contribution in [3.63, 3.8) is 0 Å². The van der Waals surface area contributed by atoms with Crippen LogP contribution in [0, 0.1) is 6.92 Å². The lowest BCUT2D eigenvalue weighted by Gasteiger charge is -2.01. The minimum absolute atomic E-state index is 0.216. The number of aromatic nitrogens is 4. The molecule has 3 rings (SSSR count). The summed E-state index contributed by atoms with van der Waals surface area (Å²) in [7, 11) is 1.88. The monoisotopic (exact) mass is 309 g/mol. The van der Waals surface area contributed by atoms with Crippen LogP contribution < -0.4 is 5.32 Å². The normalized spacial score (nSPS) is 11.4. The van der Waals surface area contributed by atoms with Crippen molar-refractivity contribution < 1.29 is 4.79 Å². The zero-order valence-electron chi connectivity index (χ0n) is 13.4. The molecule has 2 aromatic heterocycles. The van der Waals surface area contributed by atoms with Gasteiger partial charge in [0, 0.05) is 31.4 Å². The van der Waals surface area contributed by atoms with E-state index in [1.165, 1.54) is 6.08 Å². The Morgan fingerprint density at radius 2 is 2.13 bits per heavy atom. The second-order valence-electron chi connectivity index (χ2n) is 5.33. The quantitative estimate of drug-likeness (QED) is 0.754. The van der Waals surface area contributed by atoms with E-state index in [2.05, 4.69) is 15.4 Å². The zero-order valence-corrected chi connectivity index (χ0v) is 13.4. The number of anilines is 1. The second kappa shape index (κ2) is 6.08. The van der Waals surface area contributed by atoms with E-state index in [0.717, 1.165) is 28.8 Å². The summed E-state index contributed by atoms with van der Waals surface area (Å²) in [5, 5.41) is 7.16. The maximum absolute atomic E-state index is 12.1. The third-order valence-electron chi connectivity index (χ3n) is 3.74. The average Bonchev–Trinajstić information content (AvgIpc) is 3.06. The summed E-state index contributed by atoms with van der Waals surface area (Å²) in [6, 6.07) is 7.76. The van der Waals surface area contributed by atoms with E-state index >= 15 is 0 Å². The smallest absolute Gasteiger partial charge is 0.250 e. The van der Waals surface area contributed by atoms with Gasteiger partial charge in [0.15, 0.2) is 0 Å². The van der Waals surface area contributed by atoms with Gasteiger partial charge < -0.3 is 4.57 Å². The summed E-state index contributed by atoms with van der Waals surface area (Å²) in [6.45, 7) is 4.76. The molecule has 0 unspecified atom stereocenters. The summed E-state index contributed by atoms with van der Waals surface area (Å²) >= 11 is 0. The highest BCUT2D eigenvalue weighted by molar-refractivity contribution is 6.01. The minimum atomic E-state index is -0.216. The second-order valence-corrected chi connectivity index (χ2v) is 5.33. The number of imidazole rings is 1. The summed E-state index contributed by atoms with van der Waals surface area (Å²) in [5.74, 6) is 0.314. The van der Waals surface area contributed by atoms with Crippen molar-refractivity contribution in [3.8, 4) is 0 Å². The van der Waals surface area contributed by atoms with E-state index in [9.17, 15) is 4.79 Å². The van der Waals surface area contributed by atoms with E-state index in [0.29, 0.717) is 5.95 Å². The van der Waals surface area contributed by atoms with Gasteiger partial charge in [-0.1, -0.05) is 12.1 Å². The van der Waals surface area contributed by atoms with E-state index in [1.54, 1.807) is 6.08 Å². The Morgan fingerprint density at radius 3 is 2.83 bits per heavy atom. The Balaban J connectivity index is 1.76. The van der Waals surface area contributed by atoms with E-state index in [-0.39, 0.29) is 5.91 Å². The molecule has 1 amide bonds. The molecule has 0 saturated carbocycles. The average molecular weight is 309 g/mol. The number of benzene rings is 1. The summed E-state index contributed by atoms with van der Waals surface area (Å²) in [6.07, 6.45) is 5.20. The summed E-state index contributed by atoms with van der Waals surface area (Å²) < 4.78 is 3.71. The van der Waals surface area contributed by atoms with Crippen LogP contribution in [0.15, 0.2) is 36.5 Å². The van der Waals surface area contributed by atoms with Crippen LogP contribution >= 0.6 is 0 Å². The first-order chi connectivity index (χ1) is 11.1. The topological polar surface area (TPSA) is 64.7 Å². The molecule has 0 aliphatic carbocycles. The van der Waals surface area contributed by atoms with Gasteiger partial charge >= 0.3 is 0 Å². The molecule has 6 heteroatoms. The molecule has 23 heavy (non-hydrogen) atoms. The van der Waals surface area contributed by atoms with Crippen LogP contribution in [0.5, 0.6) is 0 Å². The van der Waals surface area contributed by atoms with Crippen molar-refractivity contribution in [3.05, 3.63) is 47.8 Å². The van der Waals surface area contributed by atoms with Gasteiger partial charge in [-0.2, -0.15) is 5.10 Å². The molecule has 0 saturated heterocycles. The molecule has 0 radical (unpaired) electrons. The number of hydrogen-bond acceptors (Lipinski definition) is 3. The number of nitrogens with zero attached hydrogens (tertiary/aromatic N) is 4. The SMILES string of the molecule is CCn1cc(/C=C\C(=O)Nc2nc3ccccc3n2C)c(C)n1. The lowest BCUT2D eigenvalue weighted by atomic mass is 10.2. The number of fused-ring (bicyclic) bond motifs is 1. The van der Waals surface area contributed by atoms with Crippen molar-refractivity contribution in [1.82, 2.24) is 19.3 Å². The fourth-order valence-corrected chi connectivity index (χ4v) is 2.43. The minimum Gasteiger partial charge on any atom is -0.313 e. The van der Waals surface area contributed by atoms with Gasteiger partial charge in [0.25, 0.3) is 5.91 Å². The third kappa shape index (κ3) is 3.01. The number of hydrogen-bond donors (Lipinski definition) is 1. The number of rotatable bonds is 4. The predicted molar refractivity (Wildman–Crippen MR) is 91.0 cm³/mol. The van der Waals surface area contributed by atoms with Crippen LogP contribution in [0.25, 0.3) is 17.1 Å². The highest BCUT2D eigenvalue weighted by atomic mass is 16.1. The van der Waals surface area contributed by atoms with Crippen molar-refractivity contribution in [1.29, 1.82) is 0 Å². The largest absolute Gasteiger partial charge is 0.313 e. The first-order valence-electron chi connectivity index (χ1n) is 7.53. The molecule has 118 valence electrons. The fraction of sp³-hybridized carbons (Fsp3) is 0.235. The van der Waals surface area contributed by atoms with Gasteiger partial charge in [0.2, 0.25) is 5.95 Å². The van der Waals surface area contributed by atoms with Crippen LogP contribution in [-0.4, -0.2) is 25.2 Å². The van der Waals surface area contributed by atoms with Gasteiger partial charge in [-0.15, -0.1) is 0 Å². The van der Waals surface area contributed by atoms with Gasteiger partial charge in [-0.25, -0.2) is 4.98 Å². The zero-order chi connectivity index (χ0) is 16.4. The molecule has 1 N–H and O–H groups in total. The third-order valence-corrected chi connectivity index (χ3v) is 3.74. The number of carbonyl (C=O) groups excluding carboxylic acids is 1. The van der Waals surface area contributed by atoms with Crippen LogP contribution in [0.1, 0.15) is 18.2 Å². The molecule has 2 heterocycles. The van der Waals surface area contributed by atoms with Crippen molar-refractivity contribution in [2.45, 2.75) is 20.4 Å². The van der Waals surface area contributed by atoms with Crippen LogP contribution in [-0.2, 0) is 18.4 Å². The summed E-state index contributed by atoms with van der Waals surface area (Å²) in [4.78, 5) is 16.5. The number of carbonyl (C=O) groups is 1. The number of aryl methyl sites for hydroxylation is 3. The first kappa shape index (κ1) is 15.0. The Labute approximate surface area is 134 Å². The number of nitrogens with one attached hydrogen (secondary N) is 1. The molecule has 0 aliphatic heterocycles. The van der Waals surface area contributed by atoms with Gasteiger partial charge in [0.05, 0.1) is 16.7 Å². The fourth-order valence-electron chi connectivity index (χ4n) is 2.43. The van der Waals surface area contributed by atoms with E-state index in [4.69, 9.17) is 0 Å². The Morgan fingerprint density at radius 1 is 1.35 bits per heavy atom. The Bertz CT molecular complexity index is 888. The van der Waals surface area contributed by atoms with Crippen LogP contribution in [0.2, 0.25) is 0 Å². The Hall–Kier alpha value is -2.89. The molecule has 6 nitrogen and oxygen atoms in total. The van der Waals surface area contributed by atoms with Gasteiger partial charge in [0.1, 0.15) is 0 Å². The predicted octanol–water partition coefficient (Wildman–Crippen LogP) is 2.75. The molecule has 0 fully saturated rings. The molecule has 0 spiro atoms. The van der Waals surface area contributed by atoms with E-state index in [1.807, 2.05) is 60.6 Å².